The molecule has 0 fully saturated rings. The molecular weight excluding hydrogens is 763 g/mol. The topological polar surface area (TPSA) is 48.5 Å². The summed E-state index contributed by atoms with van der Waals surface area (Å²) in [7, 11) is 0. The van der Waals surface area contributed by atoms with Gasteiger partial charge in [0.2, 0.25) is 0 Å². The van der Waals surface area contributed by atoms with Gasteiger partial charge in [0.1, 0.15) is 11.6 Å². The second-order valence-electron chi connectivity index (χ2n) is 15.6. The summed E-state index contributed by atoms with van der Waals surface area (Å²) in [5.74, 6) is 1.65. The van der Waals surface area contributed by atoms with Gasteiger partial charge in [0.05, 0.1) is 22.1 Å². The highest BCUT2D eigenvalue weighted by atomic mass is 32.1. The van der Waals surface area contributed by atoms with Crippen molar-refractivity contribution in [2.75, 3.05) is 0 Å². The highest BCUT2D eigenvalue weighted by Crippen LogP contribution is 2.52. The van der Waals surface area contributed by atoms with Gasteiger partial charge in [-0.2, -0.15) is 0 Å². The van der Waals surface area contributed by atoms with Crippen molar-refractivity contribution in [3.63, 3.8) is 0 Å². The van der Waals surface area contributed by atoms with Crippen molar-refractivity contribution in [3.8, 4) is 45.0 Å². The number of rotatable bonds is 5. The van der Waals surface area contributed by atoms with Crippen LogP contribution in [0.3, 0.4) is 0 Å². The van der Waals surface area contributed by atoms with Gasteiger partial charge in [-0.1, -0.05) is 121 Å². The first-order valence-corrected chi connectivity index (χ1v) is 21.3. The molecule has 0 radical (unpaired) electrons. The predicted molar refractivity (Wildman–Crippen MR) is 255 cm³/mol. The summed E-state index contributed by atoms with van der Waals surface area (Å²) in [4.78, 5) is 15.2. The average Bonchev–Trinajstić information content (AvgIpc) is 3.99. The summed E-state index contributed by atoms with van der Waals surface area (Å²) in [5.41, 5.74) is 11.9. The van der Waals surface area contributed by atoms with Gasteiger partial charge in [0.15, 0.2) is 5.65 Å². The second-order valence-corrected chi connectivity index (χ2v) is 16.6. The zero-order valence-electron chi connectivity index (χ0n) is 32.7. The van der Waals surface area contributed by atoms with Crippen molar-refractivity contribution in [2.24, 2.45) is 0 Å². The third-order valence-corrected chi connectivity index (χ3v) is 13.4. The van der Waals surface area contributed by atoms with Crippen LogP contribution in [-0.4, -0.2) is 24.1 Å². The van der Waals surface area contributed by atoms with E-state index < -0.39 is 0 Å². The van der Waals surface area contributed by atoms with Crippen LogP contribution in [0, 0.1) is 0 Å². The van der Waals surface area contributed by atoms with Gasteiger partial charge >= 0.3 is 0 Å². The van der Waals surface area contributed by atoms with E-state index in [2.05, 4.69) is 191 Å². The van der Waals surface area contributed by atoms with E-state index in [0.717, 1.165) is 82.9 Å². The molecule has 0 unspecified atom stereocenters. The molecule has 0 aliphatic carbocycles. The molecule has 7 aromatic carbocycles. The molecule has 5 nitrogen and oxygen atoms in total. The number of thiophene rings is 1. The molecule has 0 atom stereocenters. The van der Waals surface area contributed by atoms with Gasteiger partial charge < -0.3 is 0 Å². The molecule has 0 aliphatic heterocycles. The van der Waals surface area contributed by atoms with Crippen LogP contribution in [0.2, 0.25) is 0 Å². The highest BCUT2D eigenvalue weighted by molar-refractivity contribution is 7.25. The lowest BCUT2D eigenvalue weighted by Crippen LogP contribution is -2.03. The minimum Gasteiger partial charge on any atom is -0.292 e. The maximum absolute atomic E-state index is 5.29. The van der Waals surface area contributed by atoms with E-state index in [9.17, 15) is 0 Å². The largest absolute Gasteiger partial charge is 0.292 e. The molecule has 0 N–H and O–H groups in total. The molecule has 6 heterocycles. The van der Waals surface area contributed by atoms with Gasteiger partial charge in [-0.05, 0) is 89.0 Å². The summed E-state index contributed by atoms with van der Waals surface area (Å²) in [6.07, 6.45) is 3.78. The quantitative estimate of drug-likeness (QED) is 0.174. The molecular formula is C55H33N5S. The molecule has 284 valence electrons. The minimum atomic E-state index is 0.705. The number of hydrogen-bond acceptors (Lipinski definition) is 4. The van der Waals surface area contributed by atoms with Crippen molar-refractivity contribution >= 4 is 86.2 Å². The number of nitrogens with zero attached hydrogens (tertiary/aromatic N) is 5. The lowest BCUT2D eigenvalue weighted by molar-refractivity contribution is 1.06. The molecule has 6 aromatic heterocycles. The Morgan fingerprint density at radius 1 is 0.377 bits per heavy atom. The van der Waals surface area contributed by atoms with Gasteiger partial charge in [-0.25, -0.2) is 15.0 Å². The molecule has 0 saturated carbocycles. The molecule has 6 heteroatoms. The summed E-state index contributed by atoms with van der Waals surface area (Å²) in [6, 6.07) is 67.5. The standard InChI is InChI=1S/C55H33N5S/c1-3-14-34(15-4-1)49-50(35-16-5-2-6-17-35)52-41-21-8-11-23-44(41)60(48-33-38(29-31-56-48)37-25-27-46-42(32-37)39-19-9-12-24-45(39)61-46)54(52)53-51(49)40-20-7-10-22-43(40)59(53)47-28-26-36-18-13-30-57-55(36)58-47/h1-33H. The fourth-order valence-electron chi connectivity index (χ4n) is 9.64. The monoisotopic (exact) mass is 795 g/mol. The van der Waals surface area contributed by atoms with Gasteiger partial charge in [-0.15, -0.1) is 11.3 Å². The first-order chi connectivity index (χ1) is 30.3. The Kier molecular flexibility index (Phi) is 7.41. The van der Waals surface area contributed by atoms with E-state index >= 15 is 0 Å². The van der Waals surface area contributed by atoms with Gasteiger partial charge in [-0.3, -0.25) is 9.13 Å². The number of pyridine rings is 3. The summed E-state index contributed by atoms with van der Waals surface area (Å²) < 4.78 is 7.34. The Balaban J connectivity index is 1.23. The number of para-hydroxylation sites is 2. The van der Waals surface area contributed by atoms with Crippen LogP contribution in [0.4, 0.5) is 0 Å². The van der Waals surface area contributed by atoms with Crippen LogP contribution in [0.1, 0.15) is 0 Å². The van der Waals surface area contributed by atoms with E-state index in [1.807, 2.05) is 29.8 Å². The van der Waals surface area contributed by atoms with E-state index in [1.54, 1.807) is 0 Å². The van der Waals surface area contributed by atoms with Crippen molar-refractivity contribution in [2.45, 2.75) is 0 Å². The Hall–Kier alpha value is -7.93. The predicted octanol–water partition coefficient (Wildman–Crippen LogP) is 14.6. The first-order valence-electron chi connectivity index (χ1n) is 20.5. The molecule has 13 rings (SSSR count). The number of aromatic nitrogens is 5. The molecule has 61 heavy (non-hydrogen) atoms. The lowest BCUT2D eigenvalue weighted by Gasteiger charge is -2.18. The number of benzene rings is 7. The van der Waals surface area contributed by atoms with E-state index in [0.29, 0.717) is 5.65 Å². The molecule has 0 aliphatic rings. The van der Waals surface area contributed by atoms with Crippen LogP contribution < -0.4 is 0 Å². The van der Waals surface area contributed by atoms with E-state index in [1.165, 1.54) is 31.3 Å². The molecule has 0 saturated heterocycles. The molecule has 0 spiro atoms. The van der Waals surface area contributed by atoms with Crippen molar-refractivity contribution in [3.05, 3.63) is 200 Å². The van der Waals surface area contributed by atoms with Crippen LogP contribution >= 0.6 is 11.3 Å². The summed E-state index contributed by atoms with van der Waals surface area (Å²) >= 11 is 1.84. The highest BCUT2D eigenvalue weighted by Gasteiger charge is 2.29. The van der Waals surface area contributed by atoms with Crippen molar-refractivity contribution < 1.29 is 0 Å². The van der Waals surface area contributed by atoms with Gasteiger partial charge in [0, 0.05) is 70.6 Å². The maximum atomic E-state index is 5.29. The molecule has 13 aromatic rings. The zero-order valence-corrected chi connectivity index (χ0v) is 33.5. The van der Waals surface area contributed by atoms with Crippen molar-refractivity contribution in [1.82, 2.24) is 24.1 Å². The lowest BCUT2D eigenvalue weighted by atomic mass is 9.87. The fraction of sp³-hybridized carbons (Fsp3) is 0. The second kappa shape index (κ2) is 13.3. The van der Waals surface area contributed by atoms with Gasteiger partial charge in [0.25, 0.3) is 0 Å². The maximum Gasteiger partial charge on any atom is 0.161 e. The van der Waals surface area contributed by atoms with Crippen LogP contribution in [0.15, 0.2) is 200 Å². The first kappa shape index (κ1) is 34.0. The Labute approximate surface area is 354 Å². The summed E-state index contributed by atoms with van der Waals surface area (Å²) in [6.45, 7) is 0. The minimum absolute atomic E-state index is 0.705. The smallest absolute Gasteiger partial charge is 0.161 e. The molecule has 0 bridgehead atoms. The van der Waals surface area contributed by atoms with E-state index in [4.69, 9.17) is 15.0 Å². The molecule has 0 amide bonds. The fourth-order valence-corrected chi connectivity index (χ4v) is 10.7. The number of hydrogen-bond donors (Lipinski definition) is 0. The average molecular weight is 796 g/mol. The normalized spacial score (nSPS) is 11.9. The van der Waals surface area contributed by atoms with Crippen molar-refractivity contribution in [1.29, 1.82) is 0 Å². The van der Waals surface area contributed by atoms with E-state index in [-0.39, 0.29) is 0 Å². The third kappa shape index (κ3) is 5.09. The Bertz CT molecular complexity index is 3880. The Morgan fingerprint density at radius 2 is 0.967 bits per heavy atom. The van der Waals surface area contributed by atoms with Crippen LogP contribution in [-0.2, 0) is 0 Å². The van der Waals surface area contributed by atoms with Crippen LogP contribution in [0.25, 0.3) is 120 Å². The third-order valence-electron chi connectivity index (χ3n) is 12.2. The summed E-state index contributed by atoms with van der Waals surface area (Å²) in [5, 5.41) is 8.18. The number of fused-ring (bicyclic) bond motifs is 11. The SMILES string of the molecule is c1ccc(-c2c(-c3ccccc3)c3c4ccccc4n(-c4ccc5cccnc5n4)c3c3c2c2ccccc2n3-c2cc(-c3ccc4sc5ccccc5c4c3)ccn2)cc1. The van der Waals surface area contributed by atoms with Crippen LogP contribution in [0.5, 0.6) is 0 Å². The Morgan fingerprint density at radius 3 is 1.67 bits per heavy atom. The zero-order chi connectivity index (χ0) is 40.0.